The molecule has 0 heterocycles. The van der Waals surface area contributed by atoms with Gasteiger partial charge in [-0.05, 0) is 25.1 Å². The normalized spacial score (nSPS) is 10.9. The highest BCUT2D eigenvalue weighted by atomic mass is 16.3. The molecule has 106 valence electrons. The predicted molar refractivity (Wildman–Crippen MR) is 80.6 cm³/mol. The number of phenolic OH excluding ortho intramolecular Hbond substituents is 2. The average molecular weight is 271 g/mol. The zero-order chi connectivity index (χ0) is 14.4. The number of benzene rings is 2. The Hall–Kier alpha value is -2.00. The average Bonchev–Trinajstić information content (AvgIpc) is 2.44. The van der Waals surface area contributed by atoms with E-state index >= 15 is 0 Å². The van der Waals surface area contributed by atoms with Crippen LogP contribution in [0.3, 0.4) is 0 Å². The van der Waals surface area contributed by atoms with Crippen LogP contribution in [-0.2, 0) is 13.1 Å². The van der Waals surface area contributed by atoms with E-state index < -0.39 is 0 Å². The van der Waals surface area contributed by atoms with Crippen LogP contribution in [0.4, 0.5) is 0 Å². The van der Waals surface area contributed by atoms with Gasteiger partial charge in [-0.2, -0.15) is 0 Å². The smallest absolute Gasteiger partial charge is 0.120 e. The fourth-order valence-corrected chi connectivity index (χ4v) is 2.30. The van der Waals surface area contributed by atoms with Gasteiger partial charge in [-0.1, -0.05) is 43.3 Å². The van der Waals surface area contributed by atoms with Crippen molar-refractivity contribution in [1.29, 1.82) is 0 Å². The monoisotopic (exact) mass is 271 g/mol. The summed E-state index contributed by atoms with van der Waals surface area (Å²) in [4.78, 5) is 2.23. The highest BCUT2D eigenvalue weighted by Crippen LogP contribution is 2.22. The molecule has 2 N–H and O–H groups in total. The highest BCUT2D eigenvalue weighted by Gasteiger charge is 2.10. The molecule has 0 saturated heterocycles. The second kappa shape index (κ2) is 6.96. The molecule has 0 aliphatic heterocycles. The number of rotatable bonds is 6. The van der Waals surface area contributed by atoms with Crippen LogP contribution in [0, 0.1) is 0 Å². The van der Waals surface area contributed by atoms with Crippen LogP contribution in [-0.4, -0.2) is 21.7 Å². The standard InChI is InChI=1S/C17H21NO2/c1-2-11-18(12-14-7-3-5-9-16(14)19)13-15-8-4-6-10-17(15)20/h3-10,19-20H,2,11-13H2,1H3. The summed E-state index contributed by atoms with van der Waals surface area (Å²) in [5.41, 5.74) is 1.83. The largest absolute Gasteiger partial charge is 0.508 e. The van der Waals surface area contributed by atoms with Gasteiger partial charge in [-0.15, -0.1) is 0 Å². The molecule has 0 unspecified atom stereocenters. The van der Waals surface area contributed by atoms with Crippen molar-refractivity contribution >= 4 is 0 Å². The molecule has 0 fully saturated rings. The molecule has 0 aliphatic carbocycles. The van der Waals surface area contributed by atoms with E-state index in [2.05, 4.69) is 11.8 Å². The van der Waals surface area contributed by atoms with Crippen LogP contribution in [0.2, 0.25) is 0 Å². The van der Waals surface area contributed by atoms with E-state index in [-0.39, 0.29) is 0 Å². The van der Waals surface area contributed by atoms with Crippen LogP contribution >= 0.6 is 0 Å². The molecule has 3 heteroatoms. The maximum Gasteiger partial charge on any atom is 0.120 e. The van der Waals surface area contributed by atoms with Crippen LogP contribution in [0.5, 0.6) is 11.5 Å². The van der Waals surface area contributed by atoms with Crippen molar-refractivity contribution in [3.05, 3.63) is 59.7 Å². The second-order valence-corrected chi connectivity index (χ2v) is 4.97. The molecule has 0 aromatic heterocycles. The number of hydrogen-bond acceptors (Lipinski definition) is 3. The molecule has 0 amide bonds. The van der Waals surface area contributed by atoms with Crippen molar-refractivity contribution in [2.75, 3.05) is 6.54 Å². The molecule has 2 aromatic rings. The maximum atomic E-state index is 9.87. The minimum absolute atomic E-state index is 0.325. The zero-order valence-electron chi connectivity index (χ0n) is 11.8. The first-order valence-corrected chi connectivity index (χ1v) is 6.96. The van der Waals surface area contributed by atoms with Crippen molar-refractivity contribution in [2.24, 2.45) is 0 Å². The molecule has 0 saturated carbocycles. The maximum absolute atomic E-state index is 9.87. The van der Waals surface area contributed by atoms with E-state index in [0.717, 1.165) is 24.1 Å². The van der Waals surface area contributed by atoms with E-state index in [4.69, 9.17) is 0 Å². The Morgan fingerprint density at radius 3 is 1.65 bits per heavy atom. The van der Waals surface area contributed by atoms with Crippen molar-refractivity contribution in [1.82, 2.24) is 4.90 Å². The highest BCUT2D eigenvalue weighted by molar-refractivity contribution is 5.33. The molecule has 2 rings (SSSR count). The minimum atomic E-state index is 0.325. The molecule has 20 heavy (non-hydrogen) atoms. The summed E-state index contributed by atoms with van der Waals surface area (Å²) in [7, 11) is 0. The van der Waals surface area contributed by atoms with E-state index in [9.17, 15) is 10.2 Å². The summed E-state index contributed by atoms with van der Waals surface area (Å²) < 4.78 is 0. The third kappa shape index (κ3) is 3.75. The Kier molecular flexibility index (Phi) is 5.02. The molecule has 0 atom stereocenters. The number of para-hydroxylation sites is 2. The number of phenols is 2. The van der Waals surface area contributed by atoms with Crippen molar-refractivity contribution in [3.63, 3.8) is 0 Å². The summed E-state index contributed by atoms with van der Waals surface area (Å²) in [5.74, 6) is 0.650. The third-order valence-electron chi connectivity index (χ3n) is 3.31. The Balaban J connectivity index is 2.12. The lowest BCUT2D eigenvalue weighted by Crippen LogP contribution is -2.23. The van der Waals surface area contributed by atoms with Gasteiger partial charge in [0.15, 0.2) is 0 Å². The van der Waals surface area contributed by atoms with E-state index in [0.29, 0.717) is 24.6 Å². The van der Waals surface area contributed by atoms with Crippen molar-refractivity contribution in [3.8, 4) is 11.5 Å². The molecule has 2 aromatic carbocycles. The van der Waals surface area contributed by atoms with Gasteiger partial charge in [0, 0.05) is 24.2 Å². The minimum Gasteiger partial charge on any atom is -0.508 e. The quantitative estimate of drug-likeness (QED) is 0.845. The van der Waals surface area contributed by atoms with Crippen LogP contribution in [0.15, 0.2) is 48.5 Å². The summed E-state index contributed by atoms with van der Waals surface area (Å²) in [5, 5.41) is 19.7. The summed E-state index contributed by atoms with van der Waals surface area (Å²) in [6, 6.07) is 14.8. The van der Waals surface area contributed by atoms with Crippen molar-refractivity contribution < 1.29 is 10.2 Å². The fourth-order valence-electron chi connectivity index (χ4n) is 2.30. The molecular formula is C17H21NO2. The summed E-state index contributed by atoms with van der Waals surface area (Å²) >= 11 is 0. The first kappa shape index (κ1) is 14.4. The Labute approximate surface area is 120 Å². The topological polar surface area (TPSA) is 43.7 Å². The van der Waals surface area contributed by atoms with Gasteiger partial charge < -0.3 is 10.2 Å². The number of aromatic hydroxyl groups is 2. The molecule has 0 aliphatic rings. The van der Waals surface area contributed by atoms with E-state index in [1.54, 1.807) is 12.1 Å². The molecule has 3 nitrogen and oxygen atoms in total. The lowest BCUT2D eigenvalue weighted by atomic mass is 10.1. The summed E-state index contributed by atoms with van der Waals surface area (Å²) in [6.45, 7) is 4.40. The van der Waals surface area contributed by atoms with Gasteiger partial charge in [0.1, 0.15) is 11.5 Å². The van der Waals surface area contributed by atoms with E-state index in [1.165, 1.54) is 0 Å². The second-order valence-electron chi connectivity index (χ2n) is 4.97. The number of hydrogen-bond donors (Lipinski definition) is 2. The van der Waals surface area contributed by atoms with Crippen LogP contribution < -0.4 is 0 Å². The van der Waals surface area contributed by atoms with Gasteiger partial charge in [-0.25, -0.2) is 0 Å². The van der Waals surface area contributed by atoms with E-state index in [1.807, 2.05) is 36.4 Å². The van der Waals surface area contributed by atoms with Crippen LogP contribution in [0.25, 0.3) is 0 Å². The molecule has 0 radical (unpaired) electrons. The Morgan fingerprint density at radius 2 is 1.25 bits per heavy atom. The fraction of sp³-hybridized carbons (Fsp3) is 0.294. The lowest BCUT2D eigenvalue weighted by molar-refractivity contribution is 0.250. The number of nitrogens with zero attached hydrogens (tertiary/aromatic N) is 1. The van der Waals surface area contributed by atoms with Crippen molar-refractivity contribution in [2.45, 2.75) is 26.4 Å². The predicted octanol–water partition coefficient (Wildman–Crippen LogP) is 3.51. The summed E-state index contributed by atoms with van der Waals surface area (Å²) in [6.07, 6.45) is 1.03. The molecule has 0 spiro atoms. The molecule has 0 bridgehead atoms. The van der Waals surface area contributed by atoms with Gasteiger partial charge in [0.2, 0.25) is 0 Å². The third-order valence-corrected chi connectivity index (χ3v) is 3.31. The Bertz CT molecular complexity index is 507. The first-order chi connectivity index (χ1) is 9.70. The molecular weight excluding hydrogens is 250 g/mol. The van der Waals surface area contributed by atoms with Gasteiger partial charge >= 0.3 is 0 Å². The van der Waals surface area contributed by atoms with Crippen LogP contribution in [0.1, 0.15) is 24.5 Å². The SMILES string of the molecule is CCCN(Cc1ccccc1O)Cc1ccccc1O. The lowest BCUT2D eigenvalue weighted by Gasteiger charge is -2.22. The Morgan fingerprint density at radius 1 is 0.800 bits per heavy atom. The van der Waals surface area contributed by atoms with Gasteiger partial charge in [0.05, 0.1) is 0 Å². The zero-order valence-corrected chi connectivity index (χ0v) is 11.8. The van der Waals surface area contributed by atoms with Gasteiger partial charge in [-0.3, -0.25) is 4.90 Å². The first-order valence-electron chi connectivity index (χ1n) is 6.96. The van der Waals surface area contributed by atoms with Gasteiger partial charge in [0.25, 0.3) is 0 Å².